The van der Waals surface area contributed by atoms with E-state index >= 15 is 0 Å². The number of nitrogens with one attached hydrogen (secondary N) is 2. The number of nitro benzene ring substituents is 1. The summed E-state index contributed by atoms with van der Waals surface area (Å²) in [6.45, 7) is 3.55. The van der Waals surface area contributed by atoms with Crippen LogP contribution >= 0.6 is 0 Å². The Hall–Kier alpha value is -2.28. The van der Waals surface area contributed by atoms with Gasteiger partial charge in [-0.2, -0.15) is 0 Å². The molecule has 3 rings (SSSR count). The van der Waals surface area contributed by atoms with Crippen molar-refractivity contribution in [1.82, 2.24) is 10.3 Å². The van der Waals surface area contributed by atoms with Gasteiger partial charge in [0.2, 0.25) is 0 Å². The van der Waals surface area contributed by atoms with E-state index in [1.54, 1.807) is 12.1 Å². The van der Waals surface area contributed by atoms with E-state index in [9.17, 15) is 14.5 Å². The van der Waals surface area contributed by atoms with Crippen LogP contribution in [0, 0.1) is 15.9 Å². The van der Waals surface area contributed by atoms with Gasteiger partial charge in [0.25, 0.3) is 5.69 Å². The predicted molar refractivity (Wildman–Crippen MR) is 77.9 cm³/mol. The summed E-state index contributed by atoms with van der Waals surface area (Å²) in [5, 5.41) is 17.8. The van der Waals surface area contributed by atoms with Crippen LogP contribution in [-0.4, -0.2) is 28.5 Å². The first-order valence-corrected chi connectivity index (χ1v) is 6.71. The number of pyridine rings is 1. The lowest BCUT2D eigenvalue weighted by Crippen LogP contribution is -2.37. The molecule has 0 saturated carbocycles. The van der Waals surface area contributed by atoms with Crippen molar-refractivity contribution < 1.29 is 9.31 Å². The largest absolute Gasteiger partial charge is 0.374 e. The molecule has 0 radical (unpaired) electrons. The van der Waals surface area contributed by atoms with E-state index in [-0.39, 0.29) is 22.4 Å². The summed E-state index contributed by atoms with van der Waals surface area (Å²) < 4.78 is 14.3. The molecule has 1 aliphatic rings. The van der Waals surface area contributed by atoms with Crippen LogP contribution in [0.2, 0.25) is 0 Å². The van der Waals surface area contributed by atoms with Crippen LogP contribution in [0.5, 0.6) is 0 Å². The summed E-state index contributed by atoms with van der Waals surface area (Å²) in [7, 11) is 0. The molecule has 1 aromatic carbocycles. The zero-order chi connectivity index (χ0) is 15.0. The predicted octanol–water partition coefficient (Wildman–Crippen LogP) is 2.45. The Kier molecular flexibility index (Phi) is 3.21. The lowest BCUT2D eigenvalue weighted by Gasteiger charge is -2.26. The third-order valence-corrected chi connectivity index (χ3v) is 3.81. The number of halogens is 1. The molecule has 0 amide bonds. The Bertz CT molecular complexity index is 713. The van der Waals surface area contributed by atoms with Gasteiger partial charge in [-0.25, -0.2) is 4.39 Å². The quantitative estimate of drug-likeness (QED) is 0.670. The van der Waals surface area contributed by atoms with Crippen LogP contribution in [0.15, 0.2) is 24.4 Å². The molecule has 0 aliphatic carbocycles. The van der Waals surface area contributed by atoms with Crippen molar-refractivity contribution in [3.8, 4) is 0 Å². The number of hydrogen-bond acceptors (Lipinski definition) is 5. The van der Waals surface area contributed by atoms with Gasteiger partial charge in [-0.1, -0.05) is 0 Å². The Labute approximate surface area is 120 Å². The normalized spacial score (nSPS) is 21.6. The fourth-order valence-electron chi connectivity index (χ4n) is 2.69. The summed E-state index contributed by atoms with van der Waals surface area (Å²) in [6, 6.07) is 4.15. The van der Waals surface area contributed by atoms with Crippen molar-refractivity contribution in [2.24, 2.45) is 0 Å². The number of nitro groups is 1. The topological polar surface area (TPSA) is 80.1 Å². The molecule has 2 heterocycles. The van der Waals surface area contributed by atoms with Crippen LogP contribution in [-0.2, 0) is 0 Å². The average molecular weight is 290 g/mol. The van der Waals surface area contributed by atoms with Gasteiger partial charge < -0.3 is 10.6 Å². The molecular weight excluding hydrogens is 275 g/mol. The molecule has 1 aliphatic heterocycles. The second-order valence-corrected chi connectivity index (χ2v) is 5.52. The molecule has 1 aromatic heterocycles. The van der Waals surface area contributed by atoms with Crippen molar-refractivity contribution in [3.05, 3.63) is 40.3 Å². The van der Waals surface area contributed by atoms with E-state index in [0.717, 1.165) is 19.0 Å². The number of benzene rings is 1. The minimum absolute atomic E-state index is 0.224. The Morgan fingerprint density at radius 2 is 2.38 bits per heavy atom. The highest BCUT2D eigenvalue weighted by atomic mass is 19.1. The smallest absolute Gasteiger partial charge is 0.281 e. The van der Waals surface area contributed by atoms with Gasteiger partial charge in [-0.15, -0.1) is 0 Å². The lowest BCUT2D eigenvalue weighted by molar-refractivity contribution is -0.383. The van der Waals surface area contributed by atoms with E-state index in [0.29, 0.717) is 11.9 Å². The number of non-ortho nitro benzene ring substituents is 1. The molecular formula is C14H15FN4O2. The van der Waals surface area contributed by atoms with Crippen molar-refractivity contribution in [3.63, 3.8) is 0 Å². The molecule has 21 heavy (non-hydrogen) atoms. The molecule has 6 nitrogen and oxygen atoms in total. The molecule has 1 unspecified atom stereocenters. The minimum Gasteiger partial charge on any atom is -0.374 e. The zero-order valence-electron chi connectivity index (χ0n) is 11.5. The van der Waals surface area contributed by atoms with Gasteiger partial charge in [0.1, 0.15) is 5.52 Å². The van der Waals surface area contributed by atoms with Crippen LogP contribution in [0.3, 0.4) is 0 Å². The van der Waals surface area contributed by atoms with Crippen LogP contribution in [0.25, 0.3) is 10.9 Å². The first kappa shape index (κ1) is 13.7. The molecule has 0 bridgehead atoms. The van der Waals surface area contributed by atoms with Crippen LogP contribution in [0.1, 0.15) is 13.3 Å². The monoisotopic (exact) mass is 290 g/mol. The third-order valence-electron chi connectivity index (χ3n) is 3.81. The summed E-state index contributed by atoms with van der Waals surface area (Å²) in [6.07, 6.45) is 2.35. The second kappa shape index (κ2) is 4.92. The number of hydrogen-bond donors (Lipinski definition) is 2. The fraction of sp³-hybridized carbons (Fsp3) is 0.357. The molecule has 7 heteroatoms. The number of rotatable bonds is 3. The molecule has 1 fully saturated rings. The van der Waals surface area contributed by atoms with E-state index in [2.05, 4.69) is 15.6 Å². The maximum atomic E-state index is 14.3. The van der Waals surface area contributed by atoms with E-state index in [4.69, 9.17) is 0 Å². The Morgan fingerprint density at radius 1 is 1.57 bits per heavy atom. The highest BCUT2D eigenvalue weighted by molar-refractivity contribution is 5.97. The number of aromatic nitrogens is 1. The van der Waals surface area contributed by atoms with Gasteiger partial charge in [-0.3, -0.25) is 15.1 Å². The highest BCUT2D eigenvalue weighted by Crippen LogP contribution is 2.34. The van der Waals surface area contributed by atoms with Gasteiger partial charge in [0, 0.05) is 18.3 Å². The summed E-state index contributed by atoms with van der Waals surface area (Å²) >= 11 is 0. The van der Waals surface area contributed by atoms with Crippen molar-refractivity contribution in [2.75, 3.05) is 18.4 Å². The van der Waals surface area contributed by atoms with Crippen molar-refractivity contribution in [2.45, 2.75) is 18.9 Å². The number of anilines is 1. The third kappa shape index (κ3) is 2.40. The van der Waals surface area contributed by atoms with Crippen molar-refractivity contribution in [1.29, 1.82) is 0 Å². The molecule has 2 N–H and O–H groups in total. The highest BCUT2D eigenvalue weighted by Gasteiger charge is 2.31. The van der Waals surface area contributed by atoms with E-state index < -0.39 is 10.7 Å². The van der Waals surface area contributed by atoms with E-state index in [1.807, 2.05) is 6.92 Å². The van der Waals surface area contributed by atoms with Gasteiger partial charge in [0.05, 0.1) is 22.1 Å². The number of nitrogens with zero attached hydrogens (tertiary/aromatic N) is 2. The number of fused-ring (bicyclic) bond motifs is 1. The molecule has 2 aromatic rings. The van der Waals surface area contributed by atoms with Gasteiger partial charge in [-0.05, 0) is 32.0 Å². The molecule has 110 valence electrons. The first-order chi connectivity index (χ1) is 10.0. The lowest BCUT2D eigenvalue weighted by atomic mass is 10.0. The Balaban J connectivity index is 2.16. The van der Waals surface area contributed by atoms with Gasteiger partial charge >= 0.3 is 0 Å². The second-order valence-electron chi connectivity index (χ2n) is 5.52. The zero-order valence-corrected chi connectivity index (χ0v) is 11.5. The first-order valence-electron chi connectivity index (χ1n) is 6.71. The van der Waals surface area contributed by atoms with Crippen molar-refractivity contribution >= 4 is 22.3 Å². The molecule has 1 atom stereocenters. The SMILES string of the molecule is CC1(Nc2c(F)cc([N+](=O)[O-])c3cccnc23)CCNC1. The summed E-state index contributed by atoms with van der Waals surface area (Å²) in [5.41, 5.74) is -0.0444. The summed E-state index contributed by atoms with van der Waals surface area (Å²) in [4.78, 5) is 14.6. The molecule has 1 saturated heterocycles. The maximum absolute atomic E-state index is 14.3. The van der Waals surface area contributed by atoms with Crippen LogP contribution in [0.4, 0.5) is 15.8 Å². The average Bonchev–Trinajstić information content (AvgIpc) is 2.88. The standard InChI is InChI=1S/C14H15FN4O2/c1-14(4-6-16-8-14)18-13-10(15)7-11(19(20)21)9-3-2-5-17-12(9)13/h2-3,5,7,16,18H,4,6,8H2,1H3. The molecule has 0 spiro atoms. The van der Waals surface area contributed by atoms with Gasteiger partial charge in [0.15, 0.2) is 5.82 Å². The van der Waals surface area contributed by atoms with E-state index in [1.165, 1.54) is 6.20 Å². The fourth-order valence-corrected chi connectivity index (χ4v) is 2.69. The van der Waals surface area contributed by atoms with Crippen LogP contribution < -0.4 is 10.6 Å². The minimum atomic E-state index is -0.652. The summed E-state index contributed by atoms with van der Waals surface area (Å²) in [5.74, 6) is -0.652. The maximum Gasteiger partial charge on any atom is 0.281 e. The Morgan fingerprint density at radius 3 is 3.05 bits per heavy atom.